The molecule has 88 valence electrons. The molecular formula is C16H18O. The lowest BCUT2D eigenvalue weighted by atomic mass is 9.92. The Morgan fingerprint density at radius 3 is 2.82 bits per heavy atom. The first-order valence-corrected chi connectivity index (χ1v) is 6.45. The van der Waals surface area contributed by atoms with Crippen LogP contribution in [0.3, 0.4) is 0 Å². The van der Waals surface area contributed by atoms with Gasteiger partial charge < -0.3 is 0 Å². The van der Waals surface area contributed by atoms with Crippen molar-refractivity contribution in [2.75, 3.05) is 0 Å². The predicted octanol–water partition coefficient (Wildman–Crippen LogP) is 3.50. The number of ketones is 1. The van der Waals surface area contributed by atoms with Crippen LogP contribution < -0.4 is 0 Å². The van der Waals surface area contributed by atoms with Gasteiger partial charge in [0.1, 0.15) is 0 Å². The molecule has 1 nitrogen and oxygen atoms in total. The van der Waals surface area contributed by atoms with Crippen molar-refractivity contribution in [1.82, 2.24) is 0 Å². The van der Waals surface area contributed by atoms with E-state index in [1.165, 1.54) is 17.5 Å². The lowest BCUT2D eigenvalue weighted by molar-refractivity contribution is -0.116. The third-order valence-corrected chi connectivity index (χ3v) is 4.09. The molecule has 0 bridgehead atoms. The molecule has 0 saturated heterocycles. The number of rotatable bonds is 2. The number of benzene rings is 1. The third kappa shape index (κ3) is 1.74. The summed E-state index contributed by atoms with van der Waals surface area (Å²) >= 11 is 0. The van der Waals surface area contributed by atoms with Gasteiger partial charge in [-0.05, 0) is 55.7 Å². The van der Waals surface area contributed by atoms with Crippen LogP contribution in [0.5, 0.6) is 0 Å². The summed E-state index contributed by atoms with van der Waals surface area (Å²) < 4.78 is 0. The highest BCUT2D eigenvalue weighted by molar-refractivity contribution is 5.95. The Morgan fingerprint density at radius 2 is 2.06 bits per heavy atom. The number of carbonyl (C=O) groups is 1. The molecule has 3 rings (SSSR count). The second kappa shape index (κ2) is 3.83. The molecule has 1 saturated carbocycles. The molecule has 0 heterocycles. The van der Waals surface area contributed by atoms with Gasteiger partial charge in [-0.2, -0.15) is 0 Å². The van der Waals surface area contributed by atoms with Crippen molar-refractivity contribution in [2.24, 2.45) is 11.8 Å². The van der Waals surface area contributed by atoms with Gasteiger partial charge in [0.15, 0.2) is 5.78 Å². The van der Waals surface area contributed by atoms with Crippen LogP contribution in [0, 0.1) is 11.8 Å². The van der Waals surface area contributed by atoms with Gasteiger partial charge in [-0.1, -0.05) is 29.8 Å². The topological polar surface area (TPSA) is 17.1 Å². The molecule has 0 N–H and O–H groups in total. The molecule has 0 aromatic heterocycles. The minimum atomic E-state index is 0.272. The number of fused-ring (bicyclic) bond motifs is 3. The number of hydrogen-bond donors (Lipinski definition) is 0. The normalized spacial score (nSPS) is 28.9. The molecule has 3 atom stereocenters. The van der Waals surface area contributed by atoms with E-state index in [-0.39, 0.29) is 5.92 Å². The fourth-order valence-electron chi connectivity index (χ4n) is 3.34. The number of carbonyl (C=O) groups excluding carboxylic acids is 1. The van der Waals surface area contributed by atoms with E-state index < -0.39 is 0 Å². The van der Waals surface area contributed by atoms with Crippen LogP contribution in [0.15, 0.2) is 35.9 Å². The number of hydrogen-bond acceptors (Lipinski definition) is 1. The maximum atomic E-state index is 12.1. The molecule has 3 unspecified atom stereocenters. The van der Waals surface area contributed by atoms with Crippen molar-refractivity contribution < 1.29 is 4.79 Å². The SMILES string of the molecule is CC(C)=CC(=O)C1C2CCc3ccccc3C21. The second-order valence-electron chi connectivity index (χ2n) is 5.58. The van der Waals surface area contributed by atoms with Crippen LogP contribution in [-0.4, -0.2) is 5.78 Å². The summed E-state index contributed by atoms with van der Waals surface area (Å²) in [6.07, 6.45) is 4.16. The average molecular weight is 226 g/mol. The van der Waals surface area contributed by atoms with Crippen LogP contribution in [0.1, 0.15) is 37.3 Å². The Bertz CT molecular complexity index is 494. The summed E-state index contributed by atoms with van der Waals surface area (Å²) in [6, 6.07) is 8.63. The van der Waals surface area contributed by atoms with Crippen LogP contribution in [0.4, 0.5) is 0 Å². The molecular weight excluding hydrogens is 208 g/mol. The van der Waals surface area contributed by atoms with Crippen LogP contribution in [0.2, 0.25) is 0 Å². The molecule has 1 aromatic rings. The fourth-order valence-corrected chi connectivity index (χ4v) is 3.34. The van der Waals surface area contributed by atoms with Gasteiger partial charge >= 0.3 is 0 Å². The summed E-state index contributed by atoms with van der Waals surface area (Å²) in [5.41, 5.74) is 4.01. The van der Waals surface area contributed by atoms with Crippen LogP contribution in [0.25, 0.3) is 0 Å². The van der Waals surface area contributed by atoms with Crippen LogP contribution >= 0.6 is 0 Å². The van der Waals surface area contributed by atoms with E-state index in [1.54, 1.807) is 0 Å². The highest BCUT2D eigenvalue weighted by atomic mass is 16.1. The standard InChI is InChI=1S/C16H18O/c1-10(2)9-14(17)16-13-8-7-11-5-3-4-6-12(11)15(13)16/h3-6,9,13,15-16H,7-8H2,1-2H3. The lowest BCUT2D eigenvalue weighted by Gasteiger charge is -2.13. The van der Waals surface area contributed by atoms with Gasteiger partial charge in [0.2, 0.25) is 0 Å². The Balaban J connectivity index is 1.87. The van der Waals surface area contributed by atoms with Crippen molar-refractivity contribution >= 4 is 5.78 Å². The van der Waals surface area contributed by atoms with Gasteiger partial charge in [0.25, 0.3) is 0 Å². The molecule has 0 spiro atoms. The largest absolute Gasteiger partial charge is 0.295 e. The van der Waals surface area contributed by atoms with Gasteiger partial charge in [0.05, 0.1) is 0 Å². The van der Waals surface area contributed by atoms with E-state index in [0.717, 1.165) is 12.0 Å². The zero-order chi connectivity index (χ0) is 12.0. The number of allylic oxidation sites excluding steroid dienone is 2. The monoisotopic (exact) mass is 226 g/mol. The van der Waals surface area contributed by atoms with Crippen molar-refractivity contribution in [1.29, 1.82) is 0 Å². The molecule has 1 aromatic carbocycles. The first kappa shape index (κ1) is 10.8. The van der Waals surface area contributed by atoms with Crippen LogP contribution in [-0.2, 0) is 11.2 Å². The maximum absolute atomic E-state index is 12.1. The van der Waals surface area contributed by atoms with E-state index >= 15 is 0 Å². The smallest absolute Gasteiger partial charge is 0.159 e. The van der Waals surface area contributed by atoms with Gasteiger partial charge in [-0.15, -0.1) is 0 Å². The molecule has 0 amide bonds. The van der Waals surface area contributed by atoms with E-state index in [4.69, 9.17) is 0 Å². The quantitative estimate of drug-likeness (QED) is 0.705. The number of aryl methyl sites for hydroxylation is 1. The first-order chi connectivity index (χ1) is 8.18. The predicted molar refractivity (Wildman–Crippen MR) is 68.9 cm³/mol. The van der Waals surface area contributed by atoms with Crippen molar-refractivity contribution in [3.63, 3.8) is 0 Å². The zero-order valence-corrected chi connectivity index (χ0v) is 10.4. The summed E-state index contributed by atoms with van der Waals surface area (Å²) in [5.74, 6) is 1.75. The summed E-state index contributed by atoms with van der Waals surface area (Å²) in [6.45, 7) is 4.00. The van der Waals surface area contributed by atoms with Crippen molar-refractivity contribution in [2.45, 2.75) is 32.6 Å². The molecule has 1 fully saturated rings. The highest BCUT2D eigenvalue weighted by Gasteiger charge is 2.55. The Hall–Kier alpha value is -1.37. The second-order valence-corrected chi connectivity index (χ2v) is 5.58. The van der Waals surface area contributed by atoms with Crippen molar-refractivity contribution in [3.05, 3.63) is 47.0 Å². The summed E-state index contributed by atoms with van der Waals surface area (Å²) in [4.78, 5) is 12.1. The van der Waals surface area contributed by atoms with Gasteiger partial charge in [-0.3, -0.25) is 4.79 Å². The minimum Gasteiger partial charge on any atom is -0.295 e. The molecule has 2 aliphatic carbocycles. The molecule has 1 heteroatoms. The fraction of sp³-hybridized carbons (Fsp3) is 0.438. The lowest BCUT2D eigenvalue weighted by Crippen LogP contribution is -2.00. The van der Waals surface area contributed by atoms with E-state index in [2.05, 4.69) is 24.3 Å². The molecule has 0 radical (unpaired) electrons. The van der Waals surface area contributed by atoms with E-state index in [1.807, 2.05) is 19.9 Å². The van der Waals surface area contributed by atoms with Crippen molar-refractivity contribution in [3.8, 4) is 0 Å². The molecule has 0 aliphatic heterocycles. The highest BCUT2D eigenvalue weighted by Crippen LogP contribution is 2.60. The zero-order valence-electron chi connectivity index (χ0n) is 10.4. The van der Waals surface area contributed by atoms with Gasteiger partial charge in [-0.25, -0.2) is 0 Å². The third-order valence-electron chi connectivity index (χ3n) is 4.09. The summed E-state index contributed by atoms with van der Waals surface area (Å²) in [7, 11) is 0. The first-order valence-electron chi connectivity index (χ1n) is 6.45. The minimum absolute atomic E-state index is 0.272. The Kier molecular flexibility index (Phi) is 2.43. The maximum Gasteiger partial charge on any atom is 0.159 e. The Labute approximate surface area is 103 Å². The summed E-state index contributed by atoms with van der Waals surface area (Å²) in [5, 5.41) is 0. The van der Waals surface area contributed by atoms with E-state index in [9.17, 15) is 4.79 Å². The molecule has 17 heavy (non-hydrogen) atoms. The average Bonchev–Trinajstić information content (AvgIpc) is 3.02. The molecule has 2 aliphatic rings. The van der Waals surface area contributed by atoms with Gasteiger partial charge in [0, 0.05) is 5.92 Å². The van der Waals surface area contributed by atoms with E-state index in [0.29, 0.717) is 17.6 Å². The Morgan fingerprint density at radius 1 is 1.29 bits per heavy atom.